The van der Waals surface area contributed by atoms with Crippen molar-refractivity contribution in [2.75, 3.05) is 7.11 Å². The van der Waals surface area contributed by atoms with Crippen LogP contribution in [0.2, 0.25) is 0 Å². The molecule has 84 valence electrons. The molecule has 0 saturated carbocycles. The number of hydrogen-bond acceptors (Lipinski definition) is 4. The maximum absolute atomic E-state index is 12.5. The molecule has 0 radical (unpaired) electrons. The van der Waals surface area contributed by atoms with Gasteiger partial charge >= 0.3 is 5.97 Å². The highest BCUT2D eigenvalue weighted by Crippen LogP contribution is 2.22. The van der Waals surface area contributed by atoms with E-state index in [0.717, 1.165) is 7.11 Å². The highest BCUT2D eigenvalue weighted by atomic mass is 19.3. The normalized spacial score (nSPS) is 10.0. The molecule has 0 unspecified atom stereocenters. The number of pyridine rings is 1. The first kappa shape index (κ1) is 12.0. The second kappa shape index (κ2) is 4.66. The monoisotopic (exact) mass is 226 g/mol. The second-order valence-corrected chi connectivity index (χ2v) is 2.99. The molecule has 0 aliphatic rings. The zero-order chi connectivity index (χ0) is 12.3. The Labute approximate surface area is 90.5 Å². The predicted octanol–water partition coefficient (Wildman–Crippen LogP) is 1.99. The van der Waals surface area contributed by atoms with E-state index in [1.165, 1.54) is 13.0 Å². The van der Waals surface area contributed by atoms with Crippen LogP contribution in [0.3, 0.4) is 0 Å². The fourth-order valence-electron chi connectivity index (χ4n) is 1.20. The van der Waals surface area contributed by atoms with Crippen molar-refractivity contribution >= 4 is 5.97 Å². The van der Waals surface area contributed by atoms with E-state index in [0.29, 0.717) is 0 Å². The number of aromatic nitrogens is 1. The fraction of sp³-hybridized carbons (Fsp3) is 0.300. The minimum atomic E-state index is -2.78. The number of esters is 1. The number of ether oxygens (including phenoxy) is 1. The summed E-state index contributed by atoms with van der Waals surface area (Å²) in [5, 5.41) is 8.69. The Kier molecular flexibility index (Phi) is 3.51. The number of carbonyl (C=O) groups excluding carboxylic acids is 1. The Hall–Kier alpha value is -2.03. The average molecular weight is 226 g/mol. The van der Waals surface area contributed by atoms with Crippen LogP contribution in [0, 0.1) is 18.3 Å². The first-order chi connectivity index (χ1) is 7.51. The summed E-state index contributed by atoms with van der Waals surface area (Å²) in [6.45, 7) is 1.39. The molecule has 0 bridgehead atoms. The molecule has 0 amide bonds. The van der Waals surface area contributed by atoms with Crippen molar-refractivity contribution in [1.29, 1.82) is 5.26 Å². The number of nitriles is 1. The van der Waals surface area contributed by atoms with Crippen LogP contribution in [-0.4, -0.2) is 18.1 Å². The third kappa shape index (κ3) is 2.14. The topological polar surface area (TPSA) is 63.0 Å². The van der Waals surface area contributed by atoms with Crippen LogP contribution in [0.25, 0.3) is 0 Å². The molecule has 0 atom stereocenters. The summed E-state index contributed by atoms with van der Waals surface area (Å²) in [5.41, 5.74) is -0.807. The van der Waals surface area contributed by atoms with E-state index in [9.17, 15) is 13.6 Å². The van der Waals surface area contributed by atoms with Gasteiger partial charge in [0.2, 0.25) is 0 Å². The van der Waals surface area contributed by atoms with Crippen molar-refractivity contribution in [2.24, 2.45) is 0 Å². The van der Waals surface area contributed by atoms with Gasteiger partial charge in [0.15, 0.2) is 5.69 Å². The summed E-state index contributed by atoms with van der Waals surface area (Å²) < 4.78 is 29.4. The molecule has 1 rings (SSSR count). The summed E-state index contributed by atoms with van der Waals surface area (Å²) >= 11 is 0. The van der Waals surface area contributed by atoms with E-state index in [4.69, 9.17) is 5.26 Å². The number of rotatable bonds is 2. The van der Waals surface area contributed by atoms with Gasteiger partial charge in [-0.1, -0.05) is 0 Å². The molecular weight excluding hydrogens is 218 g/mol. The molecule has 0 N–H and O–H groups in total. The average Bonchev–Trinajstić information content (AvgIpc) is 2.27. The van der Waals surface area contributed by atoms with Crippen molar-refractivity contribution < 1.29 is 18.3 Å². The number of methoxy groups -OCH3 is 1. The first-order valence-electron chi connectivity index (χ1n) is 4.29. The van der Waals surface area contributed by atoms with Crippen molar-refractivity contribution in [1.82, 2.24) is 4.98 Å². The third-order valence-electron chi connectivity index (χ3n) is 1.97. The highest BCUT2D eigenvalue weighted by Gasteiger charge is 2.20. The molecule has 0 aliphatic heterocycles. The lowest BCUT2D eigenvalue weighted by Gasteiger charge is -2.07. The Morgan fingerprint density at radius 1 is 1.62 bits per heavy atom. The van der Waals surface area contributed by atoms with E-state index in [-0.39, 0.29) is 16.8 Å². The number of alkyl halides is 2. The van der Waals surface area contributed by atoms with Gasteiger partial charge in [0.25, 0.3) is 6.43 Å². The molecule has 1 aromatic heterocycles. The lowest BCUT2D eigenvalue weighted by atomic mass is 10.1. The summed E-state index contributed by atoms with van der Waals surface area (Å²) in [7, 11) is 1.14. The summed E-state index contributed by atoms with van der Waals surface area (Å²) in [6, 6.07) is 2.77. The number of carbonyl (C=O) groups is 1. The van der Waals surface area contributed by atoms with Crippen LogP contribution in [0.15, 0.2) is 6.07 Å². The maximum Gasteiger partial charge on any atom is 0.340 e. The van der Waals surface area contributed by atoms with Gasteiger partial charge in [-0.15, -0.1) is 0 Å². The van der Waals surface area contributed by atoms with Crippen molar-refractivity contribution in [3.8, 4) is 6.07 Å². The number of aryl methyl sites for hydroxylation is 1. The minimum Gasteiger partial charge on any atom is -0.465 e. The number of halogens is 2. The van der Waals surface area contributed by atoms with Crippen molar-refractivity contribution in [3.63, 3.8) is 0 Å². The zero-order valence-corrected chi connectivity index (χ0v) is 8.62. The lowest BCUT2D eigenvalue weighted by Crippen LogP contribution is -2.09. The maximum atomic E-state index is 12.5. The summed E-state index contributed by atoms with van der Waals surface area (Å²) in [6.07, 6.45) is -2.78. The van der Waals surface area contributed by atoms with Crippen LogP contribution in [0.5, 0.6) is 0 Å². The van der Waals surface area contributed by atoms with E-state index >= 15 is 0 Å². The predicted molar refractivity (Wildman–Crippen MR) is 50.0 cm³/mol. The van der Waals surface area contributed by atoms with E-state index < -0.39 is 18.1 Å². The van der Waals surface area contributed by atoms with Crippen LogP contribution < -0.4 is 0 Å². The van der Waals surface area contributed by atoms with Gasteiger partial charge in [-0.2, -0.15) is 5.26 Å². The number of hydrogen-bond donors (Lipinski definition) is 0. The van der Waals surface area contributed by atoms with Crippen LogP contribution in [0.4, 0.5) is 8.78 Å². The van der Waals surface area contributed by atoms with Crippen LogP contribution in [0.1, 0.15) is 33.7 Å². The van der Waals surface area contributed by atoms with Gasteiger partial charge in [-0.25, -0.2) is 18.6 Å². The first-order valence-corrected chi connectivity index (χ1v) is 4.29. The van der Waals surface area contributed by atoms with E-state index in [1.54, 1.807) is 6.07 Å². The zero-order valence-electron chi connectivity index (χ0n) is 8.62. The SMILES string of the molecule is COC(=O)c1cc(C)c(C(F)F)nc1C#N. The van der Waals surface area contributed by atoms with Gasteiger partial charge in [0, 0.05) is 0 Å². The molecule has 1 aromatic rings. The molecule has 0 aromatic carbocycles. The Bertz CT molecular complexity index is 467. The molecule has 0 saturated heterocycles. The van der Waals surface area contributed by atoms with Gasteiger partial charge in [0.05, 0.1) is 12.7 Å². The molecule has 1 heterocycles. The summed E-state index contributed by atoms with van der Waals surface area (Å²) in [5.74, 6) is -0.770. The molecular formula is C10H8F2N2O2. The molecule has 4 nitrogen and oxygen atoms in total. The molecule has 0 fully saturated rings. The minimum absolute atomic E-state index is 0.105. The Morgan fingerprint density at radius 3 is 2.69 bits per heavy atom. The molecule has 0 spiro atoms. The third-order valence-corrected chi connectivity index (χ3v) is 1.97. The smallest absolute Gasteiger partial charge is 0.340 e. The molecule has 16 heavy (non-hydrogen) atoms. The Morgan fingerprint density at radius 2 is 2.25 bits per heavy atom. The van der Waals surface area contributed by atoms with Gasteiger partial charge in [-0.05, 0) is 18.6 Å². The van der Waals surface area contributed by atoms with E-state index in [2.05, 4.69) is 9.72 Å². The lowest BCUT2D eigenvalue weighted by molar-refractivity contribution is 0.0599. The van der Waals surface area contributed by atoms with E-state index in [1.807, 2.05) is 0 Å². The highest BCUT2D eigenvalue weighted by molar-refractivity contribution is 5.91. The fourth-order valence-corrected chi connectivity index (χ4v) is 1.20. The van der Waals surface area contributed by atoms with Crippen molar-refractivity contribution in [2.45, 2.75) is 13.3 Å². The second-order valence-electron chi connectivity index (χ2n) is 2.99. The van der Waals surface area contributed by atoms with Crippen molar-refractivity contribution in [3.05, 3.63) is 28.6 Å². The largest absolute Gasteiger partial charge is 0.465 e. The molecule has 0 aliphatic carbocycles. The van der Waals surface area contributed by atoms with Gasteiger partial charge in [-0.3, -0.25) is 0 Å². The van der Waals surface area contributed by atoms with Gasteiger partial charge in [0.1, 0.15) is 11.8 Å². The van der Waals surface area contributed by atoms with Gasteiger partial charge < -0.3 is 4.74 Å². The quantitative estimate of drug-likeness (QED) is 0.723. The standard InChI is InChI=1S/C10H8F2N2O2/c1-5-3-6(10(15)16-2)7(4-13)14-8(5)9(11)12/h3,9H,1-2H3. The molecule has 6 heteroatoms. The number of nitrogens with zero attached hydrogens (tertiary/aromatic N) is 2. The van der Waals surface area contributed by atoms with Crippen LogP contribution >= 0.6 is 0 Å². The van der Waals surface area contributed by atoms with Crippen LogP contribution in [-0.2, 0) is 4.74 Å². The summed E-state index contributed by atoms with van der Waals surface area (Å²) in [4.78, 5) is 14.7. The Balaban J connectivity index is 3.39.